The minimum absolute atomic E-state index is 0.635. The summed E-state index contributed by atoms with van der Waals surface area (Å²) < 4.78 is 5.42. The fraction of sp³-hybridized carbons (Fsp3) is 0.154. The first-order chi connectivity index (χ1) is 8.81. The van der Waals surface area contributed by atoms with Crippen LogP contribution in [0.15, 0.2) is 41.2 Å². The van der Waals surface area contributed by atoms with E-state index in [1.54, 1.807) is 18.6 Å². The first kappa shape index (κ1) is 10.7. The molecular weight excluding hydrogens is 228 g/mol. The van der Waals surface area contributed by atoms with Gasteiger partial charge < -0.3 is 9.73 Å². The predicted octanol–water partition coefficient (Wildman–Crippen LogP) is 2.54. The average Bonchev–Trinajstić information content (AvgIpc) is 2.77. The monoisotopic (exact) mass is 240 g/mol. The number of hydrogen-bond acceptors (Lipinski definition) is 5. The fourth-order valence-corrected chi connectivity index (χ4v) is 1.77. The van der Waals surface area contributed by atoms with Crippen molar-refractivity contribution in [3.05, 3.63) is 48.4 Å². The molecule has 3 rings (SSSR count). The Morgan fingerprint density at radius 2 is 2.22 bits per heavy atom. The molecule has 0 aliphatic rings. The minimum atomic E-state index is 0.635. The molecule has 1 N–H and O–H groups in total. The molecule has 0 aliphatic carbocycles. The highest BCUT2D eigenvalue weighted by atomic mass is 16.3. The molecule has 0 radical (unpaired) electrons. The number of aromatic nitrogens is 3. The summed E-state index contributed by atoms with van der Waals surface area (Å²) in [7, 11) is 0. The van der Waals surface area contributed by atoms with Crippen LogP contribution in [0, 0.1) is 6.92 Å². The summed E-state index contributed by atoms with van der Waals surface area (Å²) in [5, 5.41) is 3.28. The van der Waals surface area contributed by atoms with Gasteiger partial charge in [-0.25, -0.2) is 4.98 Å². The number of oxazole rings is 1. The van der Waals surface area contributed by atoms with Crippen LogP contribution in [-0.2, 0) is 6.54 Å². The van der Waals surface area contributed by atoms with Crippen molar-refractivity contribution >= 4 is 16.8 Å². The Bertz CT molecular complexity index is 663. The van der Waals surface area contributed by atoms with Crippen molar-refractivity contribution in [1.82, 2.24) is 15.0 Å². The molecule has 0 fully saturated rings. The van der Waals surface area contributed by atoms with Gasteiger partial charge in [-0.1, -0.05) is 0 Å². The lowest BCUT2D eigenvalue weighted by molar-refractivity contribution is 0.561. The van der Waals surface area contributed by atoms with E-state index in [0.717, 1.165) is 22.5 Å². The van der Waals surface area contributed by atoms with Crippen molar-refractivity contribution in [2.75, 3.05) is 5.32 Å². The quantitative estimate of drug-likeness (QED) is 0.762. The molecule has 0 saturated carbocycles. The number of benzene rings is 1. The number of anilines is 1. The topological polar surface area (TPSA) is 63.8 Å². The van der Waals surface area contributed by atoms with E-state index >= 15 is 0 Å². The number of rotatable bonds is 3. The van der Waals surface area contributed by atoms with Gasteiger partial charge >= 0.3 is 0 Å². The lowest BCUT2D eigenvalue weighted by Gasteiger charge is -2.04. The Kier molecular flexibility index (Phi) is 2.64. The molecule has 18 heavy (non-hydrogen) atoms. The Balaban J connectivity index is 1.78. The summed E-state index contributed by atoms with van der Waals surface area (Å²) in [6.07, 6.45) is 5.08. The van der Waals surface area contributed by atoms with Crippen molar-refractivity contribution in [3.63, 3.8) is 0 Å². The highest BCUT2D eigenvalue weighted by Gasteiger charge is 2.03. The molecule has 0 spiro atoms. The number of nitrogens with zero attached hydrogens (tertiary/aromatic N) is 3. The van der Waals surface area contributed by atoms with E-state index in [9.17, 15) is 0 Å². The van der Waals surface area contributed by atoms with Gasteiger partial charge in [-0.2, -0.15) is 0 Å². The number of hydrogen-bond donors (Lipinski definition) is 1. The maximum Gasteiger partial charge on any atom is 0.192 e. The highest BCUT2D eigenvalue weighted by molar-refractivity contribution is 5.77. The third-order valence-electron chi connectivity index (χ3n) is 2.58. The van der Waals surface area contributed by atoms with Gasteiger partial charge in [0.05, 0.1) is 18.4 Å². The van der Waals surface area contributed by atoms with E-state index in [2.05, 4.69) is 20.3 Å². The third kappa shape index (κ3) is 2.15. The van der Waals surface area contributed by atoms with Crippen LogP contribution in [0.25, 0.3) is 11.1 Å². The van der Waals surface area contributed by atoms with Crippen molar-refractivity contribution in [2.24, 2.45) is 0 Å². The second-order valence-electron chi connectivity index (χ2n) is 3.97. The Morgan fingerprint density at radius 3 is 3.06 bits per heavy atom. The minimum Gasteiger partial charge on any atom is -0.441 e. The summed E-state index contributed by atoms with van der Waals surface area (Å²) >= 11 is 0. The van der Waals surface area contributed by atoms with E-state index in [-0.39, 0.29) is 0 Å². The van der Waals surface area contributed by atoms with Gasteiger partial charge in [0.2, 0.25) is 0 Å². The van der Waals surface area contributed by atoms with Crippen LogP contribution in [0.3, 0.4) is 0 Å². The first-order valence-corrected chi connectivity index (χ1v) is 5.67. The molecule has 0 saturated heterocycles. The van der Waals surface area contributed by atoms with Crippen molar-refractivity contribution in [2.45, 2.75) is 13.5 Å². The molecule has 0 amide bonds. The lowest BCUT2D eigenvalue weighted by atomic mass is 10.3. The van der Waals surface area contributed by atoms with Crippen LogP contribution in [-0.4, -0.2) is 15.0 Å². The molecule has 2 aromatic heterocycles. The van der Waals surface area contributed by atoms with Crippen molar-refractivity contribution in [3.8, 4) is 0 Å². The zero-order valence-corrected chi connectivity index (χ0v) is 9.92. The second kappa shape index (κ2) is 4.44. The standard InChI is InChI=1S/C13H12N4O/c1-9-17-12-6-10(2-3-13(12)18-9)16-8-11-7-14-4-5-15-11/h2-7,16H,8H2,1H3. The van der Waals surface area contributed by atoms with Gasteiger partial charge in [-0.05, 0) is 18.2 Å². The summed E-state index contributed by atoms with van der Waals surface area (Å²) in [5.74, 6) is 0.677. The van der Waals surface area contributed by atoms with E-state index in [0.29, 0.717) is 12.4 Å². The van der Waals surface area contributed by atoms with E-state index in [1.807, 2.05) is 25.1 Å². The van der Waals surface area contributed by atoms with Crippen LogP contribution in [0.4, 0.5) is 5.69 Å². The predicted molar refractivity (Wildman–Crippen MR) is 68.1 cm³/mol. The SMILES string of the molecule is Cc1nc2cc(NCc3cnccn3)ccc2o1. The molecule has 1 aromatic carbocycles. The van der Waals surface area contributed by atoms with Gasteiger partial charge in [-0.15, -0.1) is 0 Å². The third-order valence-corrected chi connectivity index (χ3v) is 2.58. The van der Waals surface area contributed by atoms with Crippen LogP contribution in [0.5, 0.6) is 0 Å². The average molecular weight is 240 g/mol. The zero-order chi connectivity index (χ0) is 12.4. The number of aryl methyl sites for hydroxylation is 1. The Hall–Kier alpha value is -2.43. The van der Waals surface area contributed by atoms with Crippen LogP contribution in [0.1, 0.15) is 11.6 Å². The number of fused-ring (bicyclic) bond motifs is 1. The summed E-state index contributed by atoms with van der Waals surface area (Å²) in [5.41, 5.74) is 3.55. The molecule has 5 heteroatoms. The highest BCUT2D eigenvalue weighted by Crippen LogP contribution is 2.19. The zero-order valence-electron chi connectivity index (χ0n) is 9.92. The molecule has 2 heterocycles. The summed E-state index contributed by atoms with van der Waals surface area (Å²) in [6.45, 7) is 2.48. The number of nitrogens with one attached hydrogen (secondary N) is 1. The molecule has 0 atom stereocenters. The molecule has 0 bridgehead atoms. The molecule has 5 nitrogen and oxygen atoms in total. The van der Waals surface area contributed by atoms with Crippen LogP contribution < -0.4 is 5.32 Å². The maximum atomic E-state index is 5.42. The summed E-state index contributed by atoms with van der Waals surface area (Å²) in [6, 6.07) is 5.83. The van der Waals surface area contributed by atoms with E-state index in [1.165, 1.54) is 0 Å². The molecular formula is C13H12N4O. The largest absolute Gasteiger partial charge is 0.441 e. The molecule has 0 aliphatic heterocycles. The van der Waals surface area contributed by atoms with Gasteiger partial charge in [-0.3, -0.25) is 9.97 Å². The van der Waals surface area contributed by atoms with Crippen LogP contribution in [0.2, 0.25) is 0 Å². The second-order valence-corrected chi connectivity index (χ2v) is 3.97. The molecule has 90 valence electrons. The van der Waals surface area contributed by atoms with Crippen molar-refractivity contribution < 1.29 is 4.42 Å². The Labute approximate surface area is 104 Å². The molecule has 0 unspecified atom stereocenters. The normalized spacial score (nSPS) is 10.7. The van der Waals surface area contributed by atoms with Gasteiger partial charge in [0.15, 0.2) is 11.5 Å². The molecule has 3 aromatic rings. The van der Waals surface area contributed by atoms with Crippen LogP contribution >= 0.6 is 0 Å². The lowest BCUT2D eigenvalue weighted by Crippen LogP contribution is -2.01. The maximum absolute atomic E-state index is 5.42. The van der Waals surface area contributed by atoms with Gasteiger partial charge in [0, 0.05) is 25.0 Å². The first-order valence-electron chi connectivity index (χ1n) is 5.67. The van der Waals surface area contributed by atoms with Crippen molar-refractivity contribution in [1.29, 1.82) is 0 Å². The van der Waals surface area contributed by atoms with E-state index in [4.69, 9.17) is 4.42 Å². The smallest absolute Gasteiger partial charge is 0.192 e. The summed E-state index contributed by atoms with van der Waals surface area (Å²) in [4.78, 5) is 12.5. The Morgan fingerprint density at radius 1 is 1.28 bits per heavy atom. The fourth-order valence-electron chi connectivity index (χ4n) is 1.77. The van der Waals surface area contributed by atoms with Gasteiger partial charge in [0.25, 0.3) is 0 Å². The van der Waals surface area contributed by atoms with Gasteiger partial charge in [0.1, 0.15) is 5.52 Å². The van der Waals surface area contributed by atoms with E-state index < -0.39 is 0 Å².